The van der Waals surface area contributed by atoms with E-state index in [1.54, 1.807) is 0 Å². The molecule has 0 aromatic heterocycles. The number of hydrogen-bond donors (Lipinski definition) is 0. The van der Waals surface area contributed by atoms with E-state index >= 15 is 0 Å². The van der Waals surface area contributed by atoms with Crippen LogP contribution in [0.3, 0.4) is 0 Å². The van der Waals surface area contributed by atoms with Gasteiger partial charge >= 0.3 is 0 Å². The first-order valence-corrected chi connectivity index (χ1v) is 7.50. The second kappa shape index (κ2) is 3.73. The van der Waals surface area contributed by atoms with Gasteiger partial charge in [-0.3, -0.25) is 4.79 Å². The lowest BCUT2D eigenvalue weighted by Gasteiger charge is -2.35. The summed E-state index contributed by atoms with van der Waals surface area (Å²) >= 11 is 0. The van der Waals surface area contributed by atoms with E-state index in [0.29, 0.717) is 42.2 Å². The van der Waals surface area contributed by atoms with Crippen molar-refractivity contribution in [1.82, 2.24) is 0 Å². The van der Waals surface area contributed by atoms with E-state index in [0.717, 1.165) is 19.3 Å². The molecule has 4 rings (SSSR count). The van der Waals surface area contributed by atoms with Crippen molar-refractivity contribution in [1.29, 1.82) is 0 Å². The summed E-state index contributed by atoms with van der Waals surface area (Å²) in [5, 5.41) is 0. The topological polar surface area (TPSA) is 29.6 Å². The normalized spacial score (nSPS) is 54.0. The third-order valence-electron chi connectivity index (χ3n) is 6.07. The Labute approximate surface area is 114 Å². The third-order valence-corrected chi connectivity index (χ3v) is 6.07. The maximum absolute atomic E-state index is 13.1. The van der Waals surface area contributed by atoms with Crippen LogP contribution in [-0.2, 0) is 9.53 Å². The van der Waals surface area contributed by atoms with Crippen LogP contribution in [0.2, 0.25) is 0 Å². The van der Waals surface area contributed by atoms with Crippen LogP contribution in [0, 0.1) is 41.4 Å². The van der Waals surface area contributed by atoms with Gasteiger partial charge < -0.3 is 4.74 Å². The van der Waals surface area contributed by atoms with Crippen LogP contribution < -0.4 is 0 Å². The van der Waals surface area contributed by atoms with E-state index in [-0.39, 0.29) is 11.3 Å². The van der Waals surface area contributed by atoms with Gasteiger partial charge in [0.25, 0.3) is 0 Å². The quantitative estimate of drug-likeness (QED) is 0.410. The molecule has 3 fully saturated rings. The zero-order valence-corrected chi connectivity index (χ0v) is 11.3. The molecule has 2 nitrogen and oxygen atoms in total. The fraction of sp³-hybridized carbons (Fsp3) is 0.706. The molecule has 0 aromatic carbocycles. The highest BCUT2D eigenvalue weighted by Gasteiger charge is 2.66. The van der Waals surface area contributed by atoms with Crippen LogP contribution >= 0.6 is 0 Å². The van der Waals surface area contributed by atoms with Crippen molar-refractivity contribution in [3.05, 3.63) is 12.2 Å². The maximum atomic E-state index is 13.1. The predicted molar refractivity (Wildman–Crippen MR) is 72.2 cm³/mol. The van der Waals surface area contributed by atoms with Crippen molar-refractivity contribution in [2.75, 3.05) is 0 Å². The van der Waals surface area contributed by atoms with Gasteiger partial charge in [0.05, 0.1) is 17.6 Å². The highest BCUT2D eigenvalue weighted by molar-refractivity contribution is 5.93. The first-order valence-electron chi connectivity index (χ1n) is 7.50. The summed E-state index contributed by atoms with van der Waals surface area (Å²) < 4.78 is 5.74. The Morgan fingerprint density at radius 1 is 1.58 bits per heavy atom. The van der Waals surface area contributed by atoms with Crippen molar-refractivity contribution in [2.24, 2.45) is 29.1 Å². The molecule has 0 amide bonds. The molecular formula is C17H20O2. The zero-order chi connectivity index (χ0) is 13.2. The molecule has 0 bridgehead atoms. The van der Waals surface area contributed by atoms with Gasteiger partial charge in [0.2, 0.25) is 0 Å². The first kappa shape index (κ1) is 11.7. The molecular weight excluding hydrogens is 236 g/mol. The van der Waals surface area contributed by atoms with Crippen LogP contribution in [0.5, 0.6) is 0 Å². The highest BCUT2D eigenvalue weighted by Crippen LogP contribution is 2.62. The van der Waals surface area contributed by atoms with Crippen LogP contribution in [0.15, 0.2) is 12.2 Å². The molecule has 1 aliphatic heterocycles. The Bertz CT molecular complexity index is 500. The molecule has 1 heterocycles. The lowest BCUT2D eigenvalue weighted by molar-refractivity contribution is -0.129. The largest absolute Gasteiger partial charge is 0.369 e. The summed E-state index contributed by atoms with van der Waals surface area (Å²) in [6.07, 6.45) is 14.5. The average molecular weight is 256 g/mol. The predicted octanol–water partition coefficient (Wildman–Crippen LogP) is 2.58. The minimum Gasteiger partial charge on any atom is -0.369 e. The molecule has 7 atom stereocenters. The lowest BCUT2D eigenvalue weighted by atomic mass is 9.66. The van der Waals surface area contributed by atoms with Gasteiger partial charge in [-0.15, -0.1) is 12.3 Å². The van der Waals surface area contributed by atoms with Crippen molar-refractivity contribution < 1.29 is 9.53 Å². The number of terminal acetylenes is 1. The number of carbonyl (C=O) groups is 1. The maximum Gasteiger partial charge on any atom is 0.147 e. The zero-order valence-electron chi connectivity index (χ0n) is 11.3. The lowest BCUT2D eigenvalue weighted by Crippen LogP contribution is -2.35. The fourth-order valence-electron chi connectivity index (χ4n) is 5.23. The van der Waals surface area contributed by atoms with E-state index in [1.165, 1.54) is 0 Å². The molecule has 4 aliphatic rings. The van der Waals surface area contributed by atoms with Gasteiger partial charge in [-0.05, 0) is 37.0 Å². The summed E-state index contributed by atoms with van der Waals surface area (Å²) in [7, 11) is 0. The smallest absolute Gasteiger partial charge is 0.147 e. The fourth-order valence-corrected chi connectivity index (χ4v) is 5.23. The Kier molecular flexibility index (Phi) is 2.30. The number of carbonyl (C=O) groups excluding carboxylic acids is 1. The van der Waals surface area contributed by atoms with Gasteiger partial charge in [0.1, 0.15) is 5.78 Å². The minimum atomic E-state index is -0.340. The molecule has 7 unspecified atom stereocenters. The van der Waals surface area contributed by atoms with Gasteiger partial charge in [-0.1, -0.05) is 19.1 Å². The van der Waals surface area contributed by atoms with Gasteiger partial charge in [-0.2, -0.15) is 0 Å². The minimum absolute atomic E-state index is 0.185. The second-order valence-electron chi connectivity index (χ2n) is 6.80. The van der Waals surface area contributed by atoms with Crippen LogP contribution in [0.4, 0.5) is 0 Å². The molecule has 3 aliphatic carbocycles. The van der Waals surface area contributed by atoms with Crippen molar-refractivity contribution in [2.45, 2.75) is 44.8 Å². The van der Waals surface area contributed by atoms with Crippen LogP contribution in [0.1, 0.15) is 32.6 Å². The average Bonchev–Trinajstić information content (AvgIpc) is 3.14. The van der Waals surface area contributed by atoms with E-state index < -0.39 is 0 Å². The summed E-state index contributed by atoms with van der Waals surface area (Å²) in [6, 6.07) is 0. The Balaban J connectivity index is 1.78. The summed E-state index contributed by atoms with van der Waals surface area (Å²) in [5.41, 5.74) is -0.340. The van der Waals surface area contributed by atoms with Gasteiger partial charge in [-0.25, -0.2) is 0 Å². The van der Waals surface area contributed by atoms with Crippen molar-refractivity contribution in [3.63, 3.8) is 0 Å². The Hall–Kier alpha value is -1.07. The first-order chi connectivity index (χ1) is 9.19. The molecule has 2 saturated carbocycles. The van der Waals surface area contributed by atoms with Gasteiger partial charge in [0.15, 0.2) is 0 Å². The summed E-state index contributed by atoms with van der Waals surface area (Å²) in [5.74, 6) is 4.71. The molecule has 100 valence electrons. The SMILES string of the molecule is C#CCC12C=CCCC1C1CC3OC3C(C)C1C2=O. The van der Waals surface area contributed by atoms with E-state index in [4.69, 9.17) is 11.2 Å². The molecule has 2 heteroatoms. The Morgan fingerprint density at radius 3 is 3.21 bits per heavy atom. The van der Waals surface area contributed by atoms with Crippen molar-refractivity contribution >= 4 is 5.78 Å². The molecule has 0 N–H and O–H groups in total. The van der Waals surface area contributed by atoms with Crippen LogP contribution in [0.25, 0.3) is 0 Å². The molecule has 1 saturated heterocycles. The second-order valence-corrected chi connectivity index (χ2v) is 6.80. The standard InChI is InChI=1S/C17H20O2/c1-3-7-17-8-5-4-6-12(17)11-9-13-15(19-13)10(2)14(11)16(17)18/h1,5,8,10-15H,4,6-7,9H2,2H3. The number of allylic oxidation sites excluding steroid dienone is 2. The Morgan fingerprint density at radius 2 is 2.42 bits per heavy atom. The van der Waals surface area contributed by atoms with E-state index in [2.05, 4.69) is 25.0 Å². The molecule has 0 aromatic rings. The number of hydrogen-bond acceptors (Lipinski definition) is 2. The third kappa shape index (κ3) is 1.35. The molecule has 19 heavy (non-hydrogen) atoms. The van der Waals surface area contributed by atoms with Crippen LogP contribution in [-0.4, -0.2) is 18.0 Å². The monoisotopic (exact) mass is 256 g/mol. The van der Waals surface area contributed by atoms with Gasteiger partial charge in [0, 0.05) is 12.3 Å². The number of fused-ring (bicyclic) bond motifs is 4. The number of rotatable bonds is 1. The summed E-state index contributed by atoms with van der Waals surface area (Å²) in [4.78, 5) is 13.1. The molecule has 0 radical (unpaired) electrons. The summed E-state index contributed by atoms with van der Waals surface area (Å²) in [6.45, 7) is 2.20. The number of ketones is 1. The highest BCUT2D eigenvalue weighted by atomic mass is 16.6. The molecule has 0 spiro atoms. The number of epoxide rings is 1. The number of ether oxygens (including phenoxy) is 1. The number of Topliss-reactive ketones (excluding diaryl/α,β-unsaturated/α-hetero) is 1. The van der Waals surface area contributed by atoms with E-state index in [9.17, 15) is 4.79 Å². The van der Waals surface area contributed by atoms with E-state index in [1.807, 2.05) is 0 Å². The van der Waals surface area contributed by atoms with Crippen molar-refractivity contribution in [3.8, 4) is 12.3 Å².